The summed E-state index contributed by atoms with van der Waals surface area (Å²) in [6, 6.07) is 18.2. The molecule has 0 aliphatic heterocycles. The zero-order valence-corrected chi connectivity index (χ0v) is 13.5. The summed E-state index contributed by atoms with van der Waals surface area (Å²) in [6.07, 6.45) is 0. The van der Waals surface area contributed by atoms with Crippen LogP contribution in [0, 0.1) is 11.3 Å². The Balaban J connectivity index is 1.77. The van der Waals surface area contributed by atoms with Crippen LogP contribution in [0.4, 0.5) is 0 Å². The fourth-order valence-electron chi connectivity index (χ4n) is 2.82. The summed E-state index contributed by atoms with van der Waals surface area (Å²) in [4.78, 5) is 4.78. The van der Waals surface area contributed by atoms with Crippen LogP contribution in [0.3, 0.4) is 0 Å². The molecular formula is C19H20N4. The minimum atomic E-state index is 0.151. The number of nitriles is 1. The summed E-state index contributed by atoms with van der Waals surface area (Å²) < 4.78 is 2.26. The zero-order valence-electron chi connectivity index (χ0n) is 13.5. The molecule has 1 unspecified atom stereocenters. The first-order chi connectivity index (χ1) is 11.2. The van der Waals surface area contributed by atoms with Crippen LogP contribution in [-0.4, -0.2) is 9.55 Å². The Bertz CT molecular complexity index is 840. The van der Waals surface area contributed by atoms with Gasteiger partial charge in [0, 0.05) is 13.1 Å². The van der Waals surface area contributed by atoms with E-state index >= 15 is 0 Å². The van der Waals surface area contributed by atoms with Crippen LogP contribution in [0.2, 0.25) is 0 Å². The van der Waals surface area contributed by atoms with E-state index in [9.17, 15) is 0 Å². The highest BCUT2D eigenvalue weighted by Gasteiger charge is 2.15. The lowest BCUT2D eigenvalue weighted by atomic mass is 10.1. The van der Waals surface area contributed by atoms with E-state index in [1.807, 2.05) is 30.3 Å². The van der Waals surface area contributed by atoms with Crippen molar-refractivity contribution < 1.29 is 0 Å². The Labute approximate surface area is 136 Å². The Hall–Kier alpha value is -2.64. The van der Waals surface area contributed by atoms with E-state index < -0.39 is 0 Å². The molecule has 1 atom stereocenters. The van der Waals surface area contributed by atoms with Crippen molar-refractivity contribution in [3.8, 4) is 6.07 Å². The molecule has 4 nitrogen and oxygen atoms in total. The fraction of sp³-hybridized carbons (Fsp3) is 0.263. The topological polar surface area (TPSA) is 53.6 Å². The minimum Gasteiger partial charge on any atom is -0.327 e. The van der Waals surface area contributed by atoms with Gasteiger partial charge in [0.25, 0.3) is 0 Å². The van der Waals surface area contributed by atoms with E-state index in [1.54, 1.807) is 0 Å². The monoisotopic (exact) mass is 304 g/mol. The highest BCUT2D eigenvalue weighted by atomic mass is 15.1. The Morgan fingerprint density at radius 2 is 1.91 bits per heavy atom. The van der Waals surface area contributed by atoms with Crippen molar-refractivity contribution in [3.05, 3.63) is 65.5 Å². The molecule has 0 fully saturated rings. The molecule has 0 aliphatic carbocycles. The normalized spacial score (nSPS) is 12.2. The van der Waals surface area contributed by atoms with Crippen LogP contribution in [0.1, 0.15) is 36.8 Å². The third-order valence-corrected chi connectivity index (χ3v) is 4.08. The van der Waals surface area contributed by atoms with Gasteiger partial charge in [-0.1, -0.05) is 24.3 Å². The molecule has 1 N–H and O–H groups in total. The molecule has 0 aliphatic rings. The highest BCUT2D eigenvalue weighted by molar-refractivity contribution is 5.76. The molecule has 23 heavy (non-hydrogen) atoms. The third-order valence-electron chi connectivity index (χ3n) is 4.08. The number of rotatable bonds is 5. The molecule has 0 spiro atoms. The first-order valence-electron chi connectivity index (χ1n) is 7.90. The Kier molecular flexibility index (Phi) is 4.40. The maximum atomic E-state index is 8.85. The standard InChI is InChI=1S/C19H20N4/c1-3-23-18-7-5-4-6-17(18)22-19(23)14(2)21-13-16-10-8-15(12-20)9-11-16/h4-11,14,21H,3,13H2,1-2H3. The predicted octanol–water partition coefficient (Wildman–Crippen LogP) is 3.78. The smallest absolute Gasteiger partial charge is 0.126 e. The van der Waals surface area contributed by atoms with Crippen LogP contribution >= 0.6 is 0 Å². The van der Waals surface area contributed by atoms with Crippen molar-refractivity contribution in [1.29, 1.82) is 5.26 Å². The molecule has 1 aromatic heterocycles. The second kappa shape index (κ2) is 6.64. The predicted molar refractivity (Wildman–Crippen MR) is 91.8 cm³/mol. The summed E-state index contributed by atoms with van der Waals surface area (Å²) >= 11 is 0. The van der Waals surface area contributed by atoms with E-state index in [1.165, 1.54) is 5.52 Å². The number of hydrogen-bond acceptors (Lipinski definition) is 3. The van der Waals surface area contributed by atoms with Crippen molar-refractivity contribution >= 4 is 11.0 Å². The van der Waals surface area contributed by atoms with Gasteiger partial charge in [0.2, 0.25) is 0 Å². The molecule has 1 heterocycles. The van der Waals surface area contributed by atoms with Crippen molar-refractivity contribution in [1.82, 2.24) is 14.9 Å². The number of aryl methyl sites for hydroxylation is 1. The van der Waals surface area contributed by atoms with Gasteiger partial charge < -0.3 is 9.88 Å². The van der Waals surface area contributed by atoms with E-state index in [4.69, 9.17) is 10.2 Å². The maximum absolute atomic E-state index is 8.85. The summed E-state index contributed by atoms with van der Waals surface area (Å²) in [5.41, 5.74) is 4.07. The van der Waals surface area contributed by atoms with Crippen LogP contribution in [0.15, 0.2) is 48.5 Å². The van der Waals surface area contributed by atoms with Crippen LogP contribution in [-0.2, 0) is 13.1 Å². The third kappa shape index (κ3) is 3.10. The van der Waals surface area contributed by atoms with Gasteiger partial charge in [-0.15, -0.1) is 0 Å². The lowest BCUT2D eigenvalue weighted by molar-refractivity contribution is 0.521. The van der Waals surface area contributed by atoms with Gasteiger partial charge in [-0.2, -0.15) is 5.26 Å². The summed E-state index contributed by atoms with van der Waals surface area (Å²) in [5.74, 6) is 1.06. The van der Waals surface area contributed by atoms with Crippen LogP contribution in [0.25, 0.3) is 11.0 Å². The van der Waals surface area contributed by atoms with E-state index in [0.29, 0.717) is 5.56 Å². The van der Waals surface area contributed by atoms with Gasteiger partial charge in [0.05, 0.1) is 28.7 Å². The second-order valence-corrected chi connectivity index (χ2v) is 5.61. The molecule has 2 aromatic carbocycles. The van der Waals surface area contributed by atoms with Gasteiger partial charge in [0.1, 0.15) is 5.82 Å². The van der Waals surface area contributed by atoms with Crippen molar-refractivity contribution in [3.63, 3.8) is 0 Å². The zero-order chi connectivity index (χ0) is 16.2. The van der Waals surface area contributed by atoms with E-state index in [0.717, 1.165) is 30.0 Å². The molecule has 0 amide bonds. The number of para-hydroxylation sites is 2. The summed E-state index contributed by atoms with van der Waals surface area (Å²) in [6.45, 7) is 5.93. The van der Waals surface area contributed by atoms with E-state index in [2.05, 4.69) is 48.0 Å². The SMILES string of the molecule is CCn1c(C(C)NCc2ccc(C#N)cc2)nc2ccccc21. The average Bonchev–Trinajstić information content (AvgIpc) is 2.98. The van der Waals surface area contributed by atoms with Gasteiger partial charge in [-0.25, -0.2) is 4.98 Å². The molecule has 4 heteroatoms. The summed E-state index contributed by atoms with van der Waals surface area (Å²) in [7, 11) is 0. The Morgan fingerprint density at radius 1 is 1.17 bits per heavy atom. The van der Waals surface area contributed by atoms with Crippen molar-refractivity contribution in [2.45, 2.75) is 33.0 Å². The van der Waals surface area contributed by atoms with Gasteiger partial charge in [0.15, 0.2) is 0 Å². The number of fused-ring (bicyclic) bond motifs is 1. The minimum absolute atomic E-state index is 0.151. The molecule has 3 aromatic rings. The van der Waals surface area contributed by atoms with Crippen molar-refractivity contribution in [2.75, 3.05) is 0 Å². The van der Waals surface area contributed by atoms with Gasteiger partial charge in [-0.05, 0) is 43.7 Å². The number of benzene rings is 2. The fourth-order valence-corrected chi connectivity index (χ4v) is 2.82. The summed E-state index contributed by atoms with van der Waals surface area (Å²) in [5, 5.41) is 12.4. The molecule has 0 radical (unpaired) electrons. The number of imidazole rings is 1. The molecule has 116 valence electrons. The number of hydrogen-bond donors (Lipinski definition) is 1. The number of nitrogens with one attached hydrogen (secondary N) is 1. The largest absolute Gasteiger partial charge is 0.327 e. The quantitative estimate of drug-likeness (QED) is 0.780. The Morgan fingerprint density at radius 3 is 2.61 bits per heavy atom. The number of nitrogens with zero attached hydrogens (tertiary/aromatic N) is 3. The lowest BCUT2D eigenvalue weighted by Gasteiger charge is -2.15. The molecule has 0 saturated carbocycles. The maximum Gasteiger partial charge on any atom is 0.126 e. The molecule has 0 bridgehead atoms. The molecule has 0 saturated heterocycles. The lowest BCUT2D eigenvalue weighted by Crippen LogP contribution is -2.21. The highest BCUT2D eigenvalue weighted by Crippen LogP contribution is 2.21. The first-order valence-corrected chi connectivity index (χ1v) is 7.90. The average molecular weight is 304 g/mol. The van der Waals surface area contributed by atoms with Gasteiger partial charge in [-0.3, -0.25) is 0 Å². The van der Waals surface area contributed by atoms with Crippen LogP contribution < -0.4 is 5.32 Å². The van der Waals surface area contributed by atoms with Crippen molar-refractivity contribution in [2.24, 2.45) is 0 Å². The second-order valence-electron chi connectivity index (χ2n) is 5.61. The van der Waals surface area contributed by atoms with Gasteiger partial charge >= 0.3 is 0 Å². The first kappa shape index (κ1) is 15.3. The molecule has 3 rings (SSSR count). The van der Waals surface area contributed by atoms with Crippen LogP contribution in [0.5, 0.6) is 0 Å². The van der Waals surface area contributed by atoms with E-state index in [-0.39, 0.29) is 6.04 Å². The number of aromatic nitrogens is 2. The molecular weight excluding hydrogens is 284 g/mol.